The molecule has 0 aromatic heterocycles. The largest absolute Gasteiger partial charge is 0.349 e. The molecule has 0 spiro atoms. The fourth-order valence-electron chi connectivity index (χ4n) is 2.74. The maximum atomic E-state index is 5.25. The van der Waals surface area contributed by atoms with Gasteiger partial charge >= 0.3 is 0 Å². The van der Waals surface area contributed by atoms with Gasteiger partial charge in [-0.15, -0.1) is 0 Å². The first-order valence-corrected chi connectivity index (χ1v) is 13.6. The van der Waals surface area contributed by atoms with E-state index in [4.69, 9.17) is 5.73 Å². The van der Waals surface area contributed by atoms with Gasteiger partial charge in [0, 0.05) is 75.0 Å². The predicted molar refractivity (Wildman–Crippen MR) is 159 cm³/mol. The number of nitrogens with two attached hydrogens (primary N) is 1. The molecule has 0 bridgehead atoms. The summed E-state index contributed by atoms with van der Waals surface area (Å²) in [5.41, 5.74) is 5.25. The summed E-state index contributed by atoms with van der Waals surface area (Å²) in [4.78, 5) is 16.9. The van der Waals surface area contributed by atoms with Gasteiger partial charge in [-0.05, 0) is 13.0 Å². The quantitative estimate of drug-likeness (QED) is 0.343. The number of fused-ring (bicyclic) bond motifs is 1. The molecule has 34 heavy (non-hydrogen) atoms. The molecule has 210 valence electrons. The third kappa shape index (κ3) is 25.1. The minimum absolute atomic E-state index is 0.754. The molecule has 1 fully saturated rings. The highest BCUT2D eigenvalue weighted by Crippen LogP contribution is 2.10. The molecule has 2 aliphatic heterocycles. The summed E-state index contributed by atoms with van der Waals surface area (Å²) >= 11 is 0. The second-order valence-corrected chi connectivity index (χ2v) is 6.80. The van der Waals surface area contributed by atoms with Crippen molar-refractivity contribution in [2.45, 2.75) is 75.2 Å². The van der Waals surface area contributed by atoms with Crippen LogP contribution < -0.4 is 11.1 Å². The fourth-order valence-corrected chi connectivity index (χ4v) is 2.74. The van der Waals surface area contributed by atoms with Gasteiger partial charge in [-0.1, -0.05) is 68.7 Å². The SMILES string of the molecule is CC.CC.CC.CC.CCCCNCCN.CN1CCN2CCN=C12.CN=C(N(C)C)N(C)C. The number of unbranched alkanes of at least 4 members (excludes halogenated alkanes) is 1. The molecule has 3 N–H and O–H groups in total. The number of likely N-dealkylation sites (N-methyl/N-ethyl adjacent to an activating group) is 1. The van der Waals surface area contributed by atoms with Crippen molar-refractivity contribution in [2.24, 2.45) is 15.7 Å². The van der Waals surface area contributed by atoms with Gasteiger partial charge < -0.3 is 30.7 Å². The molecule has 0 radical (unpaired) electrons. The van der Waals surface area contributed by atoms with Crippen LogP contribution in [-0.2, 0) is 0 Å². The molecule has 0 aliphatic carbocycles. The van der Waals surface area contributed by atoms with E-state index in [2.05, 4.69) is 39.1 Å². The minimum Gasteiger partial charge on any atom is -0.349 e. The summed E-state index contributed by atoms with van der Waals surface area (Å²) in [7, 11) is 11.8. The molecule has 0 amide bonds. The highest BCUT2D eigenvalue weighted by atomic mass is 15.4. The fraction of sp³-hybridized carbons (Fsp3) is 0.923. The van der Waals surface area contributed by atoms with E-state index in [-0.39, 0.29) is 0 Å². The van der Waals surface area contributed by atoms with Gasteiger partial charge in [0.25, 0.3) is 0 Å². The lowest BCUT2D eigenvalue weighted by Gasteiger charge is -2.21. The lowest BCUT2D eigenvalue weighted by molar-refractivity contribution is 0.482. The first-order valence-electron chi connectivity index (χ1n) is 13.6. The Morgan fingerprint density at radius 2 is 1.41 bits per heavy atom. The van der Waals surface area contributed by atoms with Crippen molar-refractivity contribution in [2.75, 3.05) is 88.1 Å². The Kier molecular flexibility index (Phi) is 45.2. The van der Waals surface area contributed by atoms with E-state index < -0.39 is 0 Å². The van der Waals surface area contributed by atoms with Crippen LogP contribution in [0.3, 0.4) is 0 Å². The lowest BCUT2D eigenvalue weighted by atomic mass is 10.3. The zero-order valence-electron chi connectivity index (χ0n) is 26.1. The van der Waals surface area contributed by atoms with Crippen LogP contribution in [0.2, 0.25) is 0 Å². The van der Waals surface area contributed by atoms with Crippen LogP contribution >= 0.6 is 0 Å². The number of hydrogen-bond donors (Lipinski definition) is 2. The molecular formula is C26H66N8. The Hall–Kier alpha value is -1.54. The summed E-state index contributed by atoms with van der Waals surface area (Å²) in [6, 6.07) is 0. The monoisotopic (exact) mass is 491 g/mol. The molecular weight excluding hydrogens is 424 g/mol. The molecule has 2 heterocycles. The molecule has 0 unspecified atom stereocenters. The number of hydrogen-bond acceptors (Lipinski definition) is 6. The summed E-state index contributed by atoms with van der Waals surface area (Å²) < 4.78 is 0. The van der Waals surface area contributed by atoms with E-state index >= 15 is 0 Å². The maximum Gasteiger partial charge on any atom is 0.196 e. The maximum absolute atomic E-state index is 5.25. The van der Waals surface area contributed by atoms with Crippen LogP contribution in [0, 0.1) is 0 Å². The van der Waals surface area contributed by atoms with Crippen molar-refractivity contribution in [3.8, 4) is 0 Å². The molecule has 8 nitrogen and oxygen atoms in total. The van der Waals surface area contributed by atoms with Gasteiger partial charge in [-0.3, -0.25) is 9.98 Å². The van der Waals surface area contributed by atoms with Crippen molar-refractivity contribution in [1.29, 1.82) is 0 Å². The van der Waals surface area contributed by atoms with Crippen molar-refractivity contribution in [3.05, 3.63) is 0 Å². The zero-order valence-corrected chi connectivity index (χ0v) is 26.1. The Bertz CT molecular complexity index is 394. The molecule has 0 saturated carbocycles. The second-order valence-electron chi connectivity index (χ2n) is 6.80. The highest BCUT2D eigenvalue weighted by molar-refractivity contribution is 5.83. The predicted octanol–water partition coefficient (Wildman–Crippen LogP) is 4.14. The molecule has 0 aromatic rings. The van der Waals surface area contributed by atoms with Crippen molar-refractivity contribution in [3.63, 3.8) is 0 Å². The van der Waals surface area contributed by atoms with Gasteiger partial charge in [0.2, 0.25) is 0 Å². The van der Waals surface area contributed by atoms with E-state index in [0.717, 1.165) is 45.2 Å². The molecule has 1 saturated heterocycles. The average Bonchev–Trinajstić information content (AvgIpc) is 3.48. The van der Waals surface area contributed by atoms with E-state index in [0.29, 0.717) is 0 Å². The van der Waals surface area contributed by atoms with E-state index in [9.17, 15) is 0 Å². The number of nitrogens with one attached hydrogen (secondary N) is 1. The van der Waals surface area contributed by atoms with Crippen LogP contribution in [0.15, 0.2) is 9.98 Å². The Balaban J connectivity index is -0.000000108. The molecule has 0 aromatic carbocycles. The third-order valence-corrected chi connectivity index (χ3v) is 3.98. The average molecular weight is 491 g/mol. The smallest absolute Gasteiger partial charge is 0.196 e. The third-order valence-electron chi connectivity index (χ3n) is 3.98. The van der Waals surface area contributed by atoms with Crippen molar-refractivity contribution in [1.82, 2.24) is 24.9 Å². The number of guanidine groups is 2. The van der Waals surface area contributed by atoms with Crippen LogP contribution in [-0.4, -0.2) is 120 Å². The Morgan fingerprint density at radius 1 is 0.912 bits per heavy atom. The first-order chi connectivity index (χ1) is 16.4. The first kappa shape index (κ1) is 42.6. The van der Waals surface area contributed by atoms with Crippen LogP contribution in [0.4, 0.5) is 0 Å². The van der Waals surface area contributed by atoms with Crippen LogP contribution in [0.5, 0.6) is 0 Å². The van der Waals surface area contributed by atoms with Gasteiger partial charge in [0.05, 0.1) is 6.54 Å². The molecule has 0 atom stereocenters. The summed E-state index contributed by atoms with van der Waals surface area (Å²) in [5.74, 6) is 2.19. The topological polar surface area (TPSA) is 75.7 Å². The molecule has 8 heteroatoms. The summed E-state index contributed by atoms with van der Waals surface area (Å²) in [6.45, 7) is 25.5. The number of rotatable bonds is 5. The second kappa shape index (κ2) is 36.0. The van der Waals surface area contributed by atoms with Gasteiger partial charge in [0.15, 0.2) is 11.9 Å². The minimum atomic E-state index is 0.754. The number of nitrogens with zero attached hydrogens (tertiary/aromatic N) is 6. The lowest BCUT2D eigenvalue weighted by Crippen LogP contribution is -2.35. The van der Waals surface area contributed by atoms with Gasteiger partial charge in [0.1, 0.15) is 0 Å². The van der Waals surface area contributed by atoms with E-state index in [1.54, 1.807) is 7.05 Å². The summed E-state index contributed by atoms with van der Waals surface area (Å²) in [6.07, 6.45) is 2.53. The Morgan fingerprint density at radius 3 is 1.74 bits per heavy atom. The van der Waals surface area contributed by atoms with E-state index in [1.165, 1.54) is 25.3 Å². The zero-order chi connectivity index (χ0) is 27.9. The van der Waals surface area contributed by atoms with Crippen molar-refractivity contribution < 1.29 is 0 Å². The molecule has 2 aliphatic rings. The number of aliphatic imine (C=N–C) groups is 2. The van der Waals surface area contributed by atoms with Crippen LogP contribution in [0.25, 0.3) is 0 Å². The van der Waals surface area contributed by atoms with Crippen molar-refractivity contribution >= 4 is 11.9 Å². The van der Waals surface area contributed by atoms with Gasteiger partial charge in [-0.2, -0.15) is 0 Å². The van der Waals surface area contributed by atoms with E-state index in [1.807, 2.05) is 93.4 Å². The van der Waals surface area contributed by atoms with Gasteiger partial charge in [-0.25, -0.2) is 0 Å². The normalized spacial score (nSPS) is 11.8. The van der Waals surface area contributed by atoms with Crippen LogP contribution in [0.1, 0.15) is 75.2 Å². The summed E-state index contributed by atoms with van der Waals surface area (Å²) in [5, 5.41) is 3.21. The standard InChI is InChI=1S/C6H11N3.C6H15N3.C6H16N2.4C2H6/c1-8-4-5-9-3-2-7-6(8)9;1-7-6(8(2)3)9(4)5;1-2-3-5-8-6-4-7;4*1-2/h2-5H2,1H3;1-5H3;8H,2-7H2,1H3;4*1-2H3. The Labute approximate surface area is 216 Å². The molecule has 2 rings (SSSR count). The highest BCUT2D eigenvalue weighted by Gasteiger charge is 2.25.